The summed E-state index contributed by atoms with van der Waals surface area (Å²) in [6.07, 6.45) is 3.87. The van der Waals surface area contributed by atoms with Gasteiger partial charge in [0.2, 0.25) is 0 Å². The molecule has 1 aliphatic heterocycles. The molecule has 1 amide bonds. The Morgan fingerprint density at radius 2 is 1.92 bits per heavy atom. The van der Waals surface area contributed by atoms with Crippen molar-refractivity contribution >= 4 is 11.9 Å². The third kappa shape index (κ3) is 3.93. The fourth-order valence-electron chi connectivity index (χ4n) is 3.05. The van der Waals surface area contributed by atoms with Gasteiger partial charge >= 0.3 is 5.97 Å². The van der Waals surface area contributed by atoms with Crippen molar-refractivity contribution in [1.82, 2.24) is 29.4 Å². The van der Waals surface area contributed by atoms with E-state index >= 15 is 0 Å². The molecule has 3 rings (SSSR count). The summed E-state index contributed by atoms with van der Waals surface area (Å²) in [5.41, 5.74) is 1.72. The smallest absolute Gasteiger partial charge is 0.356 e. The molecule has 0 bridgehead atoms. The van der Waals surface area contributed by atoms with E-state index < -0.39 is 5.97 Å². The van der Waals surface area contributed by atoms with Gasteiger partial charge in [-0.1, -0.05) is 0 Å². The average molecular weight is 360 g/mol. The zero-order valence-corrected chi connectivity index (χ0v) is 15.4. The van der Waals surface area contributed by atoms with Crippen LogP contribution in [0.15, 0.2) is 18.5 Å². The molecule has 1 aliphatic rings. The van der Waals surface area contributed by atoms with Crippen LogP contribution in [0.4, 0.5) is 0 Å². The van der Waals surface area contributed by atoms with Gasteiger partial charge in [0.15, 0.2) is 5.69 Å². The van der Waals surface area contributed by atoms with E-state index in [9.17, 15) is 9.59 Å². The van der Waals surface area contributed by atoms with Gasteiger partial charge in [0, 0.05) is 64.6 Å². The van der Waals surface area contributed by atoms with Gasteiger partial charge in [-0.25, -0.2) is 4.79 Å². The number of hydrogen-bond acceptors (Lipinski definition) is 6. The third-order valence-electron chi connectivity index (χ3n) is 4.41. The molecular formula is C17H24N6O3. The molecule has 1 saturated heterocycles. The lowest BCUT2D eigenvalue weighted by Gasteiger charge is -2.34. The molecule has 0 aromatic carbocycles. The number of esters is 1. The van der Waals surface area contributed by atoms with Crippen LogP contribution >= 0.6 is 0 Å². The maximum absolute atomic E-state index is 12.7. The second kappa shape index (κ2) is 7.69. The Labute approximate surface area is 152 Å². The maximum atomic E-state index is 12.7. The maximum Gasteiger partial charge on any atom is 0.356 e. The van der Waals surface area contributed by atoms with Gasteiger partial charge in [0.05, 0.1) is 12.8 Å². The van der Waals surface area contributed by atoms with Gasteiger partial charge in [0.25, 0.3) is 5.91 Å². The first kappa shape index (κ1) is 18.1. The molecule has 9 heteroatoms. The third-order valence-corrected chi connectivity index (χ3v) is 4.41. The van der Waals surface area contributed by atoms with E-state index in [2.05, 4.69) is 15.1 Å². The number of piperazine rings is 1. The second-order valence-electron chi connectivity index (χ2n) is 6.35. The van der Waals surface area contributed by atoms with E-state index in [0.717, 1.165) is 25.2 Å². The van der Waals surface area contributed by atoms with Crippen molar-refractivity contribution in [3.8, 4) is 0 Å². The summed E-state index contributed by atoms with van der Waals surface area (Å²) in [4.78, 5) is 28.6. The van der Waals surface area contributed by atoms with Crippen LogP contribution < -0.4 is 0 Å². The highest BCUT2D eigenvalue weighted by molar-refractivity contribution is 5.96. The van der Waals surface area contributed by atoms with Crippen LogP contribution in [0.25, 0.3) is 0 Å². The molecule has 2 aromatic rings. The number of aromatic nitrogens is 4. The molecule has 1 fully saturated rings. The largest absolute Gasteiger partial charge is 0.461 e. The van der Waals surface area contributed by atoms with Gasteiger partial charge < -0.3 is 9.64 Å². The molecule has 0 saturated carbocycles. The summed E-state index contributed by atoms with van der Waals surface area (Å²) in [7, 11) is 3.53. The molecule has 0 spiro atoms. The minimum Gasteiger partial charge on any atom is -0.461 e. The fourth-order valence-corrected chi connectivity index (χ4v) is 3.05. The van der Waals surface area contributed by atoms with Crippen molar-refractivity contribution < 1.29 is 14.3 Å². The Morgan fingerprint density at radius 3 is 2.54 bits per heavy atom. The molecule has 26 heavy (non-hydrogen) atoms. The minimum absolute atomic E-state index is 0.155. The van der Waals surface area contributed by atoms with Gasteiger partial charge in [0.1, 0.15) is 5.69 Å². The summed E-state index contributed by atoms with van der Waals surface area (Å²) in [6, 6.07) is 1.50. The van der Waals surface area contributed by atoms with Crippen molar-refractivity contribution in [2.45, 2.75) is 13.5 Å². The molecule has 0 radical (unpaired) electrons. The molecule has 0 N–H and O–H groups in total. The lowest BCUT2D eigenvalue weighted by Crippen LogP contribution is -2.48. The van der Waals surface area contributed by atoms with E-state index in [1.54, 1.807) is 23.6 Å². The fraction of sp³-hybridized carbons (Fsp3) is 0.529. The number of carbonyl (C=O) groups is 2. The van der Waals surface area contributed by atoms with E-state index in [-0.39, 0.29) is 23.9 Å². The summed E-state index contributed by atoms with van der Waals surface area (Å²) >= 11 is 0. The van der Waals surface area contributed by atoms with E-state index in [4.69, 9.17) is 4.74 Å². The van der Waals surface area contributed by atoms with Crippen molar-refractivity contribution in [2.24, 2.45) is 14.1 Å². The monoisotopic (exact) mass is 360 g/mol. The number of nitrogens with zero attached hydrogens (tertiary/aromatic N) is 6. The molecule has 0 aliphatic carbocycles. The Hall–Kier alpha value is -2.68. The second-order valence-corrected chi connectivity index (χ2v) is 6.35. The predicted octanol–water partition coefficient (Wildman–Crippen LogP) is 0.288. The Morgan fingerprint density at radius 1 is 1.19 bits per heavy atom. The number of carbonyl (C=O) groups excluding carboxylic acids is 2. The Bertz CT molecular complexity index is 788. The normalized spacial score (nSPS) is 15.3. The van der Waals surface area contributed by atoms with Gasteiger partial charge in [-0.2, -0.15) is 10.2 Å². The van der Waals surface area contributed by atoms with E-state index in [1.165, 1.54) is 10.7 Å². The van der Waals surface area contributed by atoms with Crippen LogP contribution in [0.2, 0.25) is 0 Å². The van der Waals surface area contributed by atoms with Gasteiger partial charge in [-0.05, 0) is 6.92 Å². The highest BCUT2D eigenvalue weighted by Crippen LogP contribution is 2.12. The number of rotatable bonds is 5. The van der Waals surface area contributed by atoms with Crippen LogP contribution in [0, 0.1) is 0 Å². The summed E-state index contributed by atoms with van der Waals surface area (Å²) < 4.78 is 8.16. The summed E-state index contributed by atoms with van der Waals surface area (Å²) in [5.74, 6) is -0.625. The number of ether oxygens (including phenoxy) is 1. The van der Waals surface area contributed by atoms with Crippen LogP contribution in [0.3, 0.4) is 0 Å². The van der Waals surface area contributed by atoms with Crippen molar-refractivity contribution in [3.05, 3.63) is 35.4 Å². The van der Waals surface area contributed by atoms with Gasteiger partial charge in [-0.3, -0.25) is 19.1 Å². The summed E-state index contributed by atoms with van der Waals surface area (Å²) in [5, 5.41) is 8.36. The lowest BCUT2D eigenvalue weighted by molar-refractivity contribution is 0.0513. The molecule has 0 unspecified atom stereocenters. The molecular weight excluding hydrogens is 336 g/mol. The highest BCUT2D eigenvalue weighted by atomic mass is 16.5. The average Bonchev–Trinajstić information content (AvgIpc) is 3.21. The number of aryl methyl sites for hydroxylation is 2. The number of amides is 1. The van der Waals surface area contributed by atoms with Crippen molar-refractivity contribution in [3.63, 3.8) is 0 Å². The topological polar surface area (TPSA) is 85.5 Å². The zero-order valence-electron chi connectivity index (χ0n) is 15.4. The Balaban J connectivity index is 1.58. The zero-order chi connectivity index (χ0) is 18.7. The summed E-state index contributed by atoms with van der Waals surface area (Å²) in [6.45, 7) is 5.69. The minimum atomic E-state index is -0.470. The predicted molar refractivity (Wildman–Crippen MR) is 93.6 cm³/mol. The van der Waals surface area contributed by atoms with Crippen LogP contribution in [-0.2, 0) is 25.4 Å². The molecule has 9 nitrogen and oxygen atoms in total. The SMILES string of the molecule is CCOC(=O)c1cc(C(=O)N2CCN(Cc3cnn(C)c3)CC2)nn1C. The van der Waals surface area contributed by atoms with E-state index in [1.807, 2.05) is 19.4 Å². The standard InChI is InChI=1S/C17H24N6O3/c1-4-26-17(25)15-9-14(19-21(15)3)16(24)23-7-5-22(6-8-23)12-13-10-18-20(2)11-13/h9-11H,4-8,12H2,1-3H3. The Kier molecular flexibility index (Phi) is 5.36. The van der Waals surface area contributed by atoms with Crippen LogP contribution in [-0.4, -0.2) is 74.0 Å². The lowest BCUT2D eigenvalue weighted by atomic mass is 10.2. The number of hydrogen-bond donors (Lipinski definition) is 0. The first-order chi connectivity index (χ1) is 12.5. The van der Waals surface area contributed by atoms with Crippen molar-refractivity contribution in [2.75, 3.05) is 32.8 Å². The molecule has 0 atom stereocenters. The van der Waals surface area contributed by atoms with Crippen molar-refractivity contribution in [1.29, 1.82) is 0 Å². The van der Waals surface area contributed by atoms with Gasteiger partial charge in [-0.15, -0.1) is 0 Å². The quantitative estimate of drug-likeness (QED) is 0.713. The van der Waals surface area contributed by atoms with Crippen LogP contribution in [0.1, 0.15) is 33.5 Å². The van der Waals surface area contributed by atoms with E-state index in [0.29, 0.717) is 13.1 Å². The highest BCUT2D eigenvalue weighted by Gasteiger charge is 2.26. The molecule has 140 valence electrons. The van der Waals surface area contributed by atoms with Crippen LogP contribution in [0.5, 0.6) is 0 Å². The first-order valence-corrected chi connectivity index (χ1v) is 8.68. The molecule has 2 aromatic heterocycles. The molecule has 3 heterocycles. The first-order valence-electron chi connectivity index (χ1n) is 8.68.